The summed E-state index contributed by atoms with van der Waals surface area (Å²) in [7, 11) is 1.88. The molecule has 0 aliphatic rings. The summed E-state index contributed by atoms with van der Waals surface area (Å²) >= 11 is 5.98. The molecule has 1 N–H and O–H groups in total. The molecule has 0 aliphatic carbocycles. The van der Waals surface area contributed by atoms with Gasteiger partial charge in [-0.05, 0) is 13.0 Å². The molecule has 0 amide bonds. The molecule has 1 aromatic heterocycles. The van der Waals surface area contributed by atoms with Gasteiger partial charge in [0.15, 0.2) is 0 Å². The standard InChI is InChI=1S/C16H22ClN3O/c1-11(2)18-8-13-7-12(3)5-6-14(13)21-10-16-19-9-15(17)20(16)4/h5-7,9,11,18H,8,10H2,1-4H3. The molecule has 0 saturated carbocycles. The van der Waals surface area contributed by atoms with Gasteiger partial charge in [0.25, 0.3) is 0 Å². The number of imidazole rings is 1. The van der Waals surface area contributed by atoms with Crippen LogP contribution in [0.15, 0.2) is 24.4 Å². The minimum Gasteiger partial charge on any atom is -0.485 e. The zero-order valence-electron chi connectivity index (χ0n) is 13.0. The Labute approximate surface area is 131 Å². The van der Waals surface area contributed by atoms with E-state index in [4.69, 9.17) is 16.3 Å². The number of hydrogen-bond acceptors (Lipinski definition) is 3. The normalized spacial score (nSPS) is 11.1. The summed E-state index contributed by atoms with van der Waals surface area (Å²) in [5.41, 5.74) is 2.38. The van der Waals surface area contributed by atoms with Crippen LogP contribution >= 0.6 is 11.6 Å². The third-order valence-electron chi connectivity index (χ3n) is 3.30. The molecule has 1 aromatic carbocycles. The van der Waals surface area contributed by atoms with Gasteiger partial charge in [-0.3, -0.25) is 0 Å². The number of nitrogens with zero attached hydrogens (tertiary/aromatic N) is 2. The van der Waals surface area contributed by atoms with Crippen molar-refractivity contribution in [2.75, 3.05) is 0 Å². The second kappa shape index (κ2) is 6.96. The Hall–Kier alpha value is -1.52. The van der Waals surface area contributed by atoms with E-state index in [9.17, 15) is 0 Å². The maximum Gasteiger partial charge on any atom is 0.147 e. The number of aryl methyl sites for hydroxylation is 1. The first-order valence-electron chi connectivity index (χ1n) is 7.09. The number of hydrogen-bond donors (Lipinski definition) is 1. The molecule has 0 aliphatic heterocycles. The van der Waals surface area contributed by atoms with Gasteiger partial charge in [-0.25, -0.2) is 4.98 Å². The highest BCUT2D eigenvalue weighted by Crippen LogP contribution is 2.21. The molecular weight excluding hydrogens is 286 g/mol. The first kappa shape index (κ1) is 15.9. The molecule has 2 rings (SSSR count). The third-order valence-corrected chi connectivity index (χ3v) is 3.65. The van der Waals surface area contributed by atoms with E-state index in [1.807, 2.05) is 17.7 Å². The number of nitrogens with one attached hydrogen (secondary N) is 1. The Kier molecular flexibility index (Phi) is 5.26. The predicted octanol–water partition coefficient (Wildman–Crippen LogP) is 3.46. The van der Waals surface area contributed by atoms with Gasteiger partial charge in [0.05, 0.1) is 6.20 Å². The zero-order valence-corrected chi connectivity index (χ0v) is 13.7. The fraction of sp³-hybridized carbons (Fsp3) is 0.438. The monoisotopic (exact) mass is 307 g/mol. The number of ether oxygens (including phenoxy) is 1. The molecule has 1 heterocycles. The van der Waals surface area contributed by atoms with Gasteiger partial charge in [-0.1, -0.05) is 43.1 Å². The molecule has 21 heavy (non-hydrogen) atoms. The van der Waals surface area contributed by atoms with E-state index in [-0.39, 0.29) is 0 Å². The average molecular weight is 308 g/mol. The fourth-order valence-electron chi connectivity index (χ4n) is 2.00. The lowest BCUT2D eigenvalue weighted by Gasteiger charge is -2.14. The molecule has 0 unspecified atom stereocenters. The third kappa shape index (κ3) is 4.22. The van der Waals surface area contributed by atoms with Crippen LogP contribution in [-0.2, 0) is 20.2 Å². The van der Waals surface area contributed by atoms with Gasteiger partial charge >= 0.3 is 0 Å². The largest absolute Gasteiger partial charge is 0.485 e. The van der Waals surface area contributed by atoms with Gasteiger partial charge in [0.2, 0.25) is 0 Å². The summed E-state index contributed by atoms with van der Waals surface area (Å²) < 4.78 is 7.74. The summed E-state index contributed by atoms with van der Waals surface area (Å²) in [6.07, 6.45) is 1.64. The van der Waals surface area contributed by atoms with Crippen molar-refractivity contribution >= 4 is 11.6 Å². The smallest absolute Gasteiger partial charge is 0.147 e. The summed E-state index contributed by atoms with van der Waals surface area (Å²) in [6.45, 7) is 7.54. The summed E-state index contributed by atoms with van der Waals surface area (Å²) in [5.74, 6) is 1.69. The number of aromatic nitrogens is 2. The minimum absolute atomic E-state index is 0.404. The molecule has 0 bridgehead atoms. The van der Waals surface area contributed by atoms with Crippen LogP contribution in [0.3, 0.4) is 0 Å². The number of rotatable bonds is 6. The van der Waals surface area contributed by atoms with Crippen LogP contribution in [0, 0.1) is 6.92 Å². The second-order valence-corrected chi connectivity index (χ2v) is 5.88. The van der Waals surface area contributed by atoms with Crippen molar-refractivity contribution in [2.24, 2.45) is 7.05 Å². The maximum absolute atomic E-state index is 5.98. The van der Waals surface area contributed by atoms with E-state index >= 15 is 0 Å². The molecule has 0 saturated heterocycles. The van der Waals surface area contributed by atoms with Gasteiger partial charge in [0, 0.05) is 25.2 Å². The zero-order chi connectivity index (χ0) is 15.4. The maximum atomic E-state index is 5.98. The van der Waals surface area contributed by atoms with Crippen molar-refractivity contribution < 1.29 is 4.74 Å². The van der Waals surface area contributed by atoms with E-state index in [0.29, 0.717) is 17.8 Å². The van der Waals surface area contributed by atoms with E-state index in [1.165, 1.54) is 5.56 Å². The van der Waals surface area contributed by atoms with Crippen molar-refractivity contribution in [1.29, 1.82) is 0 Å². The fourth-order valence-corrected chi connectivity index (χ4v) is 2.15. The molecule has 0 atom stereocenters. The topological polar surface area (TPSA) is 39.1 Å². The Morgan fingerprint density at radius 1 is 1.38 bits per heavy atom. The molecule has 2 aromatic rings. The van der Waals surface area contributed by atoms with Crippen molar-refractivity contribution in [2.45, 2.75) is 40.0 Å². The lowest BCUT2D eigenvalue weighted by atomic mass is 10.1. The first-order valence-corrected chi connectivity index (χ1v) is 7.47. The Morgan fingerprint density at radius 3 is 2.76 bits per heavy atom. The van der Waals surface area contributed by atoms with Crippen LogP contribution in [0.5, 0.6) is 5.75 Å². The number of benzene rings is 1. The lowest BCUT2D eigenvalue weighted by molar-refractivity contribution is 0.288. The SMILES string of the molecule is Cc1ccc(OCc2ncc(Cl)n2C)c(CNC(C)C)c1. The van der Waals surface area contributed by atoms with Gasteiger partial charge in [0.1, 0.15) is 23.3 Å². The van der Waals surface area contributed by atoms with Gasteiger partial charge in [-0.2, -0.15) is 0 Å². The van der Waals surface area contributed by atoms with Crippen LogP contribution in [0.2, 0.25) is 5.15 Å². The van der Waals surface area contributed by atoms with Crippen molar-refractivity contribution in [3.8, 4) is 5.75 Å². The van der Waals surface area contributed by atoms with E-state index in [1.54, 1.807) is 6.20 Å². The van der Waals surface area contributed by atoms with Crippen LogP contribution in [0.25, 0.3) is 0 Å². The van der Waals surface area contributed by atoms with E-state index in [0.717, 1.165) is 23.7 Å². The van der Waals surface area contributed by atoms with Crippen molar-refractivity contribution in [3.05, 3.63) is 46.5 Å². The molecule has 0 spiro atoms. The number of halogens is 1. The summed E-state index contributed by atoms with van der Waals surface area (Å²) in [4.78, 5) is 4.24. The quantitative estimate of drug-likeness (QED) is 0.888. The highest BCUT2D eigenvalue weighted by Gasteiger charge is 2.09. The molecule has 0 fully saturated rings. The molecule has 5 heteroatoms. The Morgan fingerprint density at radius 2 is 2.14 bits per heavy atom. The minimum atomic E-state index is 0.404. The van der Waals surface area contributed by atoms with Crippen molar-refractivity contribution in [3.63, 3.8) is 0 Å². The predicted molar refractivity (Wildman–Crippen MR) is 85.7 cm³/mol. The van der Waals surface area contributed by atoms with Crippen LogP contribution in [-0.4, -0.2) is 15.6 Å². The molecular formula is C16H22ClN3O. The molecule has 4 nitrogen and oxygen atoms in total. The highest BCUT2D eigenvalue weighted by molar-refractivity contribution is 6.29. The molecule has 114 valence electrons. The molecule has 0 radical (unpaired) electrons. The first-order chi connectivity index (χ1) is 9.97. The highest BCUT2D eigenvalue weighted by atomic mass is 35.5. The second-order valence-electron chi connectivity index (χ2n) is 5.49. The summed E-state index contributed by atoms with van der Waals surface area (Å²) in [5, 5.41) is 4.03. The van der Waals surface area contributed by atoms with E-state index in [2.05, 4.69) is 43.2 Å². The average Bonchev–Trinajstić information content (AvgIpc) is 2.75. The van der Waals surface area contributed by atoms with Gasteiger partial charge < -0.3 is 14.6 Å². The Balaban J connectivity index is 2.10. The van der Waals surface area contributed by atoms with Crippen molar-refractivity contribution in [1.82, 2.24) is 14.9 Å². The van der Waals surface area contributed by atoms with Crippen LogP contribution < -0.4 is 10.1 Å². The Bertz CT molecular complexity index is 608. The van der Waals surface area contributed by atoms with Crippen LogP contribution in [0.4, 0.5) is 0 Å². The van der Waals surface area contributed by atoms with E-state index < -0.39 is 0 Å². The summed E-state index contributed by atoms with van der Waals surface area (Å²) in [6, 6.07) is 6.65. The van der Waals surface area contributed by atoms with Crippen LogP contribution in [0.1, 0.15) is 30.8 Å². The van der Waals surface area contributed by atoms with Gasteiger partial charge in [-0.15, -0.1) is 0 Å². The lowest BCUT2D eigenvalue weighted by Crippen LogP contribution is -2.22.